The summed E-state index contributed by atoms with van der Waals surface area (Å²) < 4.78 is 0. The number of fused-ring (bicyclic) bond motifs is 1. The predicted octanol–water partition coefficient (Wildman–Crippen LogP) is 2.83. The summed E-state index contributed by atoms with van der Waals surface area (Å²) in [6.45, 7) is 1.53. The van der Waals surface area contributed by atoms with Gasteiger partial charge in [-0.3, -0.25) is 15.2 Å². The van der Waals surface area contributed by atoms with Crippen LogP contribution in [0.3, 0.4) is 0 Å². The van der Waals surface area contributed by atoms with Gasteiger partial charge in [0.15, 0.2) is 5.69 Å². The van der Waals surface area contributed by atoms with E-state index in [0.29, 0.717) is 28.8 Å². The molecular formula is C16H16Cl2N6OS. The molecule has 136 valence electrons. The first-order chi connectivity index (χ1) is 12.2. The van der Waals surface area contributed by atoms with Crippen molar-refractivity contribution in [3.63, 3.8) is 0 Å². The molecule has 3 aromatic rings. The number of nitrogens with zero attached hydrogens (tertiary/aromatic N) is 3. The fraction of sp³-hybridized carbons (Fsp3) is 0.250. The monoisotopic (exact) mass is 410 g/mol. The van der Waals surface area contributed by atoms with Crippen LogP contribution in [-0.4, -0.2) is 32.8 Å². The van der Waals surface area contributed by atoms with Crippen LogP contribution >= 0.6 is 35.3 Å². The van der Waals surface area contributed by atoms with Crippen LogP contribution in [0.4, 0.5) is 5.13 Å². The van der Waals surface area contributed by atoms with Crippen LogP contribution in [0.15, 0.2) is 24.3 Å². The van der Waals surface area contributed by atoms with Gasteiger partial charge in [-0.05, 0) is 17.7 Å². The average Bonchev–Trinajstić information content (AvgIpc) is 3.21. The van der Waals surface area contributed by atoms with Crippen molar-refractivity contribution in [1.82, 2.24) is 25.7 Å². The van der Waals surface area contributed by atoms with E-state index in [2.05, 4.69) is 31.0 Å². The summed E-state index contributed by atoms with van der Waals surface area (Å²) in [7, 11) is 0. The highest BCUT2D eigenvalue weighted by Gasteiger charge is 2.22. The minimum Gasteiger partial charge on any atom is -0.312 e. The molecule has 3 heterocycles. The maximum Gasteiger partial charge on any atom is 0.278 e. The van der Waals surface area contributed by atoms with E-state index < -0.39 is 0 Å². The van der Waals surface area contributed by atoms with Crippen LogP contribution in [-0.2, 0) is 19.4 Å². The lowest BCUT2D eigenvalue weighted by Gasteiger charge is -2.12. The SMILES string of the molecule is Cl.O=C(Nc1nnc(Cc2cccc(Cl)c2)s1)c1n[nH]c2c1CNCC2. The summed E-state index contributed by atoms with van der Waals surface area (Å²) in [5.41, 5.74) is 3.40. The number of H-pyrrole nitrogens is 1. The number of anilines is 1. The highest BCUT2D eigenvalue weighted by Crippen LogP contribution is 2.22. The van der Waals surface area contributed by atoms with E-state index >= 15 is 0 Å². The molecule has 1 aromatic carbocycles. The Balaban J connectivity index is 0.00000196. The molecule has 0 saturated heterocycles. The Morgan fingerprint density at radius 3 is 3.08 bits per heavy atom. The number of aromatic nitrogens is 4. The van der Waals surface area contributed by atoms with E-state index in [1.54, 1.807) is 0 Å². The van der Waals surface area contributed by atoms with Gasteiger partial charge < -0.3 is 5.32 Å². The third kappa shape index (κ3) is 4.04. The molecule has 2 aromatic heterocycles. The molecule has 0 saturated carbocycles. The molecule has 3 N–H and O–H groups in total. The fourth-order valence-corrected chi connectivity index (χ4v) is 3.75. The van der Waals surface area contributed by atoms with E-state index in [1.807, 2.05) is 24.3 Å². The summed E-state index contributed by atoms with van der Waals surface area (Å²) in [5, 5.41) is 23.2. The molecule has 0 aliphatic carbocycles. The van der Waals surface area contributed by atoms with Crippen LogP contribution in [0, 0.1) is 0 Å². The van der Waals surface area contributed by atoms with Gasteiger partial charge in [0.25, 0.3) is 5.91 Å². The third-order valence-corrected chi connectivity index (χ3v) is 5.03. The molecule has 1 amide bonds. The van der Waals surface area contributed by atoms with Crippen LogP contribution in [0.1, 0.15) is 32.3 Å². The van der Waals surface area contributed by atoms with Crippen LogP contribution in [0.25, 0.3) is 0 Å². The van der Waals surface area contributed by atoms with E-state index in [-0.39, 0.29) is 18.3 Å². The van der Waals surface area contributed by atoms with Crippen molar-refractivity contribution in [2.45, 2.75) is 19.4 Å². The van der Waals surface area contributed by atoms with Gasteiger partial charge in [0, 0.05) is 42.2 Å². The van der Waals surface area contributed by atoms with E-state index in [9.17, 15) is 4.79 Å². The number of rotatable bonds is 4. The minimum atomic E-state index is -0.272. The first-order valence-electron chi connectivity index (χ1n) is 7.84. The van der Waals surface area contributed by atoms with Crippen molar-refractivity contribution in [2.75, 3.05) is 11.9 Å². The van der Waals surface area contributed by atoms with Crippen LogP contribution < -0.4 is 10.6 Å². The van der Waals surface area contributed by atoms with E-state index in [0.717, 1.165) is 34.8 Å². The fourth-order valence-electron chi connectivity index (χ4n) is 2.77. The largest absolute Gasteiger partial charge is 0.312 e. The molecule has 0 radical (unpaired) electrons. The molecule has 0 atom stereocenters. The number of nitrogens with one attached hydrogen (secondary N) is 3. The molecule has 26 heavy (non-hydrogen) atoms. The number of hydrogen-bond acceptors (Lipinski definition) is 6. The molecule has 0 fully saturated rings. The molecule has 0 spiro atoms. The van der Waals surface area contributed by atoms with E-state index in [1.165, 1.54) is 11.3 Å². The summed E-state index contributed by atoms with van der Waals surface area (Å²) in [5.74, 6) is -0.272. The second-order valence-corrected chi connectivity index (χ2v) is 7.22. The average molecular weight is 411 g/mol. The lowest BCUT2D eigenvalue weighted by molar-refractivity contribution is 0.102. The van der Waals surface area contributed by atoms with Gasteiger partial charge in [0.2, 0.25) is 5.13 Å². The zero-order valence-electron chi connectivity index (χ0n) is 13.6. The number of benzene rings is 1. The number of carbonyl (C=O) groups excluding carboxylic acids is 1. The van der Waals surface area contributed by atoms with Crippen LogP contribution in [0.2, 0.25) is 5.02 Å². The number of aromatic amines is 1. The smallest absolute Gasteiger partial charge is 0.278 e. The Morgan fingerprint density at radius 1 is 1.35 bits per heavy atom. The summed E-state index contributed by atoms with van der Waals surface area (Å²) in [4.78, 5) is 12.5. The standard InChI is InChI=1S/C16H15ClN6OS.ClH/c17-10-3-1-2-9(6-10)7-13-21-23-16(25-13)19-15(24)14-11-8-18-5-4-12(11)20-22-14;/h1-3,6,18H,4-5,7-8H2,(H,20,22)(H,19,23,24);1H. The molecule has 1 aliphatic heterocycles. The molecule has 1 aliphatic rings. The summed E-state index contributed by atoms with van der Waals surface area (Å²) in [6, 6.07) is 7.60. The van der Waals surface area contributed by atoms with Gasteiger partial charge in [0.05, 0.1) is 0 Å². The molecule has 7 nitrogen and oxygen atoms in total. The van der Waals surface area contributed by atoms with Gasteiger partial charge in [-0.2, -0.15) is 5.10 Å². The maximum atomic E-state index is 12.5. The molecule has 10 heteroatoms. The van der Waals surface area contributed by atoms with Crippen molar-refractivity contribution >= 4 is 46.4 Å². The number of halogens is 2. The summed E-state index contributed by atoms with van der Waals surface area (Å²) >= 11 is 7.34. The first-order valence-corrected chi connectivity index (χ1v) is 9.03. The predicted molar refractivity (Wildman–Crippen MR) is 103 cm³/mol. The quantitative estimate of drug-likeness (QED) is 0.614. The lowest BCUT2D eigenvalue weighted by Crippen LogP contribution is -2.25. The van der Waals surface area contributed by atoms with E-state index in [4.69, 9.17) is 11.6 Å². The van der Waals surface area contributed by atoms with Gasteiger partial charge in [-0.25, -0.2) is 0 Å². The number of hydrogen-bond donors (Lipinski definition) is 3. The zero-order chi connectivity index (χ0) is 17.2. The maximum absolute atomic E-state index is 12.5. The van der Waals surface area contributed by atoms with Crippen molar-refractivity contribution in [1.29, 1.82) is 0 Å². The Hall–Kier alpha value is -2.00. The first kappa shape index (κ1) is 18.8. The van der Waals surface area contributed by atoms with Gasteiger partial charge >= 0.3 is 0 Å². The Morgan fingerprint density at radius 2 is 2.23 bits per heavy atom. The van der Waals surface area contributed by atoms with Crippen molar-refractivity contribution in [2.24, 2.45) is 0 Å². The second kappa shape index (κ2) is 8.13. The Labute approximate surface area is 165 Å². The van der Waals surface area contributed by atoms with Gasteiger partial charge in [0.1, 0.15) is 5.01 Å². The zero-order valence-corrected chi connectivity index (χ0v) is 16.0. The summed E-state index contributed by atoms with van der Waals surface area (Å²) in [6.07, 6.45) is 1.47. The highest BCUT2D eigenvalue weighted by atomic mass is 35.5. The van der Waals surface area contributed by atoms with Crippen LogP contribution in [0.5, 0.6) is 0 Å². The number of carbonyl (C=O) groups is 1. The molecule has 4 rings (SSSR count). The molecule has 0 bridgehead atoms. The lowest BCUT2D eigenvalue weighted by atomic mass is 10.1. The van der Waals surface area contributed by atoms with Crippen molar-refractivity contribution in [3.05, 3.63) is 56.8 Å². The molecule has 0 unspecified atom stereocenters. The topological polar surface area (TPSA) is 95.6 Å². The Kier molecular flexibility index (Phi) is 5.87. The van der Waals surface area contributed by atoms with Crippen molar-refractivity contribution < 1.29 is 4.79 Å². The number of amides is 1. The second-order valence-electron chi connectivity index (χ2n) is 5.72. The Bertz CT molecular complexity index is 925. The molecular weight excluding hydrogens is 395 g/mol. The van der Waals surface area contributed by atoms with Crippen molar-refractivity contribution in [3.8, 4) is 0 Å². The third-order valence-electron chi connectivity index (χ3n) is 3.95. The minimum absolute atomic E-state index is 0. The normalized spacial score (nSPS) is 13.0. The van der Waals surface area contributed by atoms with Gasteiger partial charge in [-0.15, -0.1) is 22.6 Å². The highest BCUT2D eigenvalue weighted by molar-refractivity contribution is 7.15. The van der Waals surface area contributed by atoms with Gasteiger partial charge in [-0.1, -0.05) is 35.1 Å².